The molecule has 1 aromatic carbocycles. The molecule has 5 heteroatoms. The fourth-order valence-corrected chi connectivity index (χ4v) is 1.74. The Bertz CT molecular complexity index is 362. The maximum absolute atomic E-state index is 13.3. The Balaban J connectivity index is 2.75. The molecule has 0 aliphatic heterocycles. The molecule has 0 aliphatic rings. The highest BCUT2D eigenvalue weighted by Gasteiger charge is 2.14. The number of benzene rings is 1. The molecule has 0 heterocycles. The van der Waals surface area contributed by atoms with Crippen LogP contribution in [-0.2, 0) is 4.74 Å². The van der Waals surface area contributed by atoms with Gasteiger partial charge in [0.1, 0.15) is 5.82 Å². The van der Waals surface area contributed by atoms with Gasteiger partial charge in [-0.3, -0.25) is 0 Å². The molecule has 96 valence electrons. The van der Waals surface area contributed by atoms with Crippen LogP contribution in [0.25, 0.3) is 0 Å². The lowest BCUT2D eigenvalue weighted by molar-refractivity contribution is 0.154. The van der Waals surface area contributed by atoms with Crippen molar-refractivity contribution in [3.05, 3.63) is 34.6 Å². The summed E-state index contributed by atoms with van der Waals surface area (Å²) in [5, 5.41) is 12.5. The van der Waals surface area contributed by atoms with E-state index in [2.05, 4.69) is 5.32 Å². The number of aliphatic hydroxyl groups is 1. The molecule has 0 radical (unpaired) electrons. The van der Waals surface area contributed by atoms with Gasteiger partial charge in [-0.25, -0.2) is 4.39 Å². The van der Waals surface area contributed by atoms with Gasteiger partial charge in [0.25, 0.3) is 0 Å². The Morgan fingerprint density at radius 2 is 2.24 bits per heavy atom. The zero-order valence-electron chi connectivity index (χ0n) is 9.91. The smallest absolute Gasteiger partial charge is 0.142 e. The summed E-state index contributed by atoms with van der Waals surface area (Å²) in [5.41, 5.74) is 0.664. The van der Waals surface area contributed by atoms with Crippen molar-refractivity contribution in [2.24, 2.45) is 0 Å². The predicted octanol–water partition coefficient (Wildman–Crippen LogP) is 2.14. The minimum absolute atomic E-state index is 0.0656. The van der Waals surface area contributed by atoms with E-state index in [-0.39, 0.29) is 23.7 Å². The van der Waals surface area contributed by atoms with Gasteiger partial charge in [-0.1, -0.05) is 17.7 Å². The summed E-state index contributed by atoms with van der Waals surface area (Å²) in [6.07, 6.45) is 0. The van der Waals surface area contributed by atoms with Crippen LogP contribution in [0.1, 0.15) is 18.5 Å². The fourth-order valence-electron chi connectivity index (χ4n) is 1.63. The van der Waals surface area contributed by atoms with E-state index < -0.39 is 5.82 Å². The second-order valence-corrected chi connectivity index (χ2v) is 4.34. The van der Waals surface area contributed by atoms with Gasteiger partial charge in [-0.15, -0.1) is 0 Å². The van der Waals surface area contributed by atoms with Crippen LogP contribution in [0.3, 0.4) is 0 Å². The number of hydrogen-bond acceptors (Lipinski definition) is 3. The van der Waals surface area contributed by atoms with Crippen molar-refractivity contribution in [3.8, 4) is 0 Å². The quantitative estimate of drug-likeness (QED) is 0.824. The van der Waals surface area contributed by atoms with Gasteiger partial charge in [0, 0.05) is 13.2 Å². The van der Waals surface area contributed by atoms with E-state index in [1.54, 1.807) is 13.2 Å². The average Bonchev–Trinajstić information content (AvgIpc) is 2.30. The van der Waals surface area contributed by atoms with Gasteiger partial charge in [-0.05, 0) is 24.6 Å². The monoisotopic (exact) mass is 261 g/mol. The van der Waals surface area contributed by atoms with Gasteiger partial charge in [-0.2, -0.15) is 0 Å². The first-order valence-electron chi connectivity index (χ1n) is 5.39. The first-order chi connectivity index (χ1) is 8.08. The van der Waals surface area contributed by atoms with Gasteiger partial charge in [0.2, 0.25) is 0 Å². The van der Waals surface area contributed by atoms with Gasteiger partial charge < -0.3 is 15.2 Å². The normalized spacial score (nSPS) is 14.6. The molecular weight excluding hydrogens is 245 g/mol. The lowest BCUT2D eigenvalue weighted by Crippen LogP contribution is -2.35. The average molecular weight is 262 g/mol. The molecule has 17 heavy (non-hydrogen) atoms. The molecule has 0 bridgehead atoms. The van der Waals surface area contributed by atoms with Crippen LogP contribution < -0.4 is 5.32 Å². The molecule has 1 aromatic rings. The molecule has 0 amide bonds. The number of rotatable bonds is 6. The summed E-state index contributed by atoms with van der Waals surface area (Å²) in [6, 6.07) is 4.24. The summed E-state index contributed by atoms with van der Waals surface area (Å²) in [7, 11) is 1.61. The van der Waals surface area contributed by atoms with Crippen molar-refractivity contribution in [1.82, 2.24) is 5.32 Å². The summed E-state index contributed by atoms with van der Waals surface area (Å²) < 4.78 is 18.3. The Hall–Kier alpha value is -0.680. The van der Waals surface area contributed by atoms with E-state index in [9.17, 15) is 9.50 Å². The van der Waals surface area contributed by atoms with E-state index in [0.29, 0.717) is 12.2 Å². The van der Waals surface area contributed by atoms with E-state index in [0.717, 1.165) is 0 Å². The van der Waals surface area contributed by atoms with Crippen molar-refractivity contribution in [3.63, 3.8) is 0 Å². The predicted molar refractivity (Wildman–Crippen MR) is 65.7 cm³/mol. The second kappa shape index (κ2) is 6.91. The van der Waals surface area contributed by atoms with Crippen molar-refractivity contribution in [2.75, 3.05) is 20.3 Å². The molecule has 0 fully saturated rings. The minimum atomic E-state index is -0.483. The van der Waals surface area contributed by atoms with Crippen molar-refractivity contribution >= 4 is 11.6 Å². The van der Waals surface area contributed by atoms with Crippen LogP contribution in [0, 0.1) is 5.82 Å². The molecular formula is C12H17ClFNO2. The van der Waals surface area contributed by atoms with Crippen LogP contribution >= 0.6 is 11.6 Å². The zero-order valence-corrected chi connectivity index (χ0v) is 10.7. The van der Waals surface area contributed by atoms with E-state index in [1.165, 1.54) is 12.1 Å². The lowest BCUT2D eigenvalue weighted by Gasteiger charge is -2.21. The maximum Gasteiger partial charge on any atom is 0.142 e. The Labute approximate surface area is 106 Å². The molecule has 2 N–H and O–H groups in total. The third kappa shape index (κ3) is 4.24. The second-order valence-electron chi connectivity index (χ2n) is 3.93. The van der Waals surface area contributed by atoms with Crippen LogP contribution in [0.4, 0.5) is 4.39 Å². The Morgan fingerprint density at radius 3 is 2.76 bits per heavy atom. The molecule has 0 spiro atoms. The molecule has 0 saturated heterocycles. The molecule has 0 saturated carbocycles. The minimum Gasteiger partial charge on any atom is -0.394 e. The van der Waals surface area contributed by atoms with Crippen LogP contribution in [0.15, 0.2) is 18.2 Å². The summed E-state index contributed by atoms with van der Waals surface area (Å²) in [6.45, 7) is 2.33. The Kier molecular flexibility index (Phi) is 5.85. The van der Waals surface area contributed by atoms with E-state index in [1.807, 2.05) is 6.92 Å². The maximum atomic E-state index is 13.3. The fraction of sp³-hybridized carbons (Fsp3) is 0.500. The third-order valence-corrected chi connectivity index (χ3v) is 2.74. The molecule has 1 rings (SSSR count). The van der Waals surface area contributed by atoms with Crippen molar-refractivity contribution in [2.45, 2.75) is 19.0 Å². The van der Waals surface area contributed by atoms with Crippen LogP contribution in [-0.4, -0.2) is 31.5 Å². The van der Waals surface area contributed by atoms with Crippen molar-refractivity contribution in [1.29, 1.82) is 0 Å². The summed E-state index contributed by atoms with van der Waals surface area (Å²) >= 11 is 5.61. The third-order valence-electron chi connectivity index (χ3n) is 2.43. The molecule has 0 aromatic heterocycles. The topological polar surface area (TPSA) is 41.5 Å². The number of aliphatic hydroxyl groups excluding tert-OH is 1. The number of halogens is 2. The van der Waals surface area contributed by atoms with Crippen molar-refractivity contribution < 1.29 is 14.2 Å². The lowest BCUT2D eigenvalue weighted by atomic mass is 10.1. The summed E-state index contributed by atoms with van der Waals surface area (Å²) in [5.74, 6) is -0.483. The number of hydrogen-bond donors (Lipinski definition) is 2. The van der Waals surface area contributed by atoms with E-state index in [4.69, 9.17) is 16.3 Å². The first-order valence-corrected chi connectivity index (χ1v) is 5.77. The van der Waals surface area contributed by atoms with Crippen LogP contribution in [0.5, 0.6) is 0 Å². The van der Waals surface area contributed by atoms with Gasteiger partial charge in [0.15, 0.2) is 0 Å². The van der Waals surface area contributed by atoms with Gasteiger partial charge in [0.05, 0.1) is 24.3 Å². The van der Waals surface area contributed by atoms with E-state index >= 15 is 0 Å². The van der Waals surface area contributed by atoms with Crippen LogP contribution in [0.2, 0.25) is 5.02 Å². The molecule has 2 atom stereocenters. The first kappa shape index (κ1) is 14.4. The Morgan fingerprint density at radius 1 is 1.53 bits per heavy atom. The summed E-state index contributed by atoms with van der Waals surface area (Å²) in [4.78, 5) is 0. The SMILES string of the molecule is COC[C@H](C)N[C@@H](CO)c1ccc(Cl)c(F)c1. The highest BCUT2D eigenvalue weighted by molar-refractivity contribution is 6.30. The standard InChI is InChI=1S/C12H17ClFNO2/c1-8(7-17-2)15-12(6-16)9-3-4-10(13)11(14)5-9/h3-5,8,12,15-16H,6-7H2,1-2H3/t8-,12-/m0/s1. The zero-order chi connectivity index (χ0) is 12.8. The highest BCUT2D eigenvalue weighted by Crippen LogP contribution is 2.20. The number of nitrogens with one attached hydrogen (secondary N) is 1. The van der Waals surface area contributed by atoms with Gasteiger partial charge >= 0.3 is 0 Å². The molecule has 0 unspecified atom stereocenters. The molecule has 3 nitrogen and oxygen atoms in total. The number of ether oxygens (including phenoxy) is 1. The highest BCUT2D eigenvalue weighted by atomic mass is 35.5. The molecule has 0 aliphatic carbocycles. The number of methoxy groups -OCH3 is 1. The largest absolute Gasteiger partial charge is 0.394 e.